The van der Waals surface area contributed by atoms with Crippen molar-refractivity contribution >= 4 is 11.8 Å². The van der Waals surface area contributed by atoms with E-state index in [-0.39, 0.29) is 18.3 Å². The van der Waals surface area contributed by atoms with Crippen molar-refractivity contribution < 1.29 is 19.1 Å². The third kappa shape index (κ3) is 2.26. The first-order valence-corrected chi connectivity index (χ1v) is 5.03. The highest BCUT2D eigenvalue weighted by atomic mass is 19.1. The number of hydrogen-bond acceptors (Lipinski definition) is 4. The summed E-state index contributed by atoms with van der Waals surface area (Å²) < 4.78 is 18.3. The molecule has 6 heteroatoms. The van der Waals surface area contributed by atoms with E-state index >= 15 is 0 Å². The second-order valence-corrected chi connectivity index (χ2v) is 3.70. The molecule has 90 valence electrons. The monoisotopic (exact) mass is 238 g/mol. The summed E-state index contributed by atoms with van der Waals surface area (Å²) >= 11 is 0. The van der Waals surface area contributed by atoms with Crippen molar-refractivity contribution in [3.8, 4) is 0 Å². The number of hydrogen-bond donors (Lipinski definition) is 2. The molecular formula is C11H11FN2O3. The van der Waals surface area contributed by atoms with Crippen molar-refractivity contribution in [2.24, 2.45) is 4.99 Å². The van der Waals surface area contributed by atoms with Gasteiger partial charge < -0.3 is 4.74 Å². The van der Waals surface area contributed by atoms with E-state index in [4.69, 9.17) is 9.94 Å². The average molecular weight is 238 g/mol. The van der Waals surface area contributed by atoms with Gasteiger partial charge >= 0.3 is 0 Å². The number of aryl methyl sites for hydroxylation is 1. The molecule has 1 aliphatic heterocycles. The van der Waals surface area contributed by atoms with Crippen molar-refractivity contribution in [1.29, 1.82) is 0 Å². The molecular weight excluding hydrogens is 227 g/mol. The van der Waals surface area contributed by atoms with Crippen LogP contribution in [-0.2, 0) is 9.53 Å². The van der Waals surface area contributed by atoms with Gasteiger partial charge in [0.25, 0.3) is 5.91 Å². The molecule has 2 N–H and O–H groups in total. The topological polar surface area (TPSA) is 70.9 Å². The van der Waals surface area contributed by atoms with Crippen LogP contribution >= 0.6 is 0 Å². The minimum atomic E-state index is -0.764. The lowest BCUT2D eigenvalue weighted by Gasteiger charge is -2.02. The van der Waals surface area contributed by atoms with Gasteiger partial charge in [-0.1, -0.05) is 0 Å². The Kier molecular flexibility index (Phi) is 3.06. The second-order valence-electron chi connectivity index (χ2n) is 3.70. The Morgan fingerprint density at radius 1 is 1.65 bits per heavy atom. The van der Waals surface area contributed by atoms with Crippen LogP contribution in [0.4, 0.5) is 4.39 Å². The minimum Gasteiger partial charge on any atom is -0.475 e. The number of benzene rings is 1. The third-order valence-corrected chi connectivity index (χ3v) is 2.47. The lowest BCUT2D eigenvalue weighted by molar-refractivity contribution is -0.130. The van der Waals surface area contributed by atoms with Crippen molar-refractivity contribution in [1.82, 2.24) is 5.48 Å². The Morgan fingerprint density at radius 2 is 2.41 bits per heavy atom. The van der Waals surface area contributed by atoms with Gasteiger partial charge in [-0.2, -0.15) is 0 Å². The molecule has 5 nitrogen and oxygen atoms in total. The number of nitrogens with one attached hydrogen (secondary N) is 1. The molecule has 0 saturated heterocycles. The molecule has 0 unspecified atom stereocenters. The summed E-state index contributed by atoms with van der Waals surface area (Å²) in [6, 6.07) is 3.67. The van der Waals surface area contributed by atoms with Crippen LogP contribution in [-0.4, -0.2) is 29.7 Å². The van der Waals surface area contributed by atoms with Gasteiger partial charge in [0.15, 0.2) is 6.04 Å². The zero-order chi connectivity index (χ0) is 12.4. The average Bonchev–Trinajstić information content (AvgIpc) is 2.81. The smallest absolute Gasteiger partial charge is 0.271 e. The van der Waals surface area contributed by atoms with Crippen LogP contribution in [0.25, 0.3) is 0 Å². The fourth-order valence-electron chi connectivity index (χ4n) is 1.52. The first-order chi connectivity index (χ1) is 8.11. The number of amides is 1. The number of hydroxylamine groups is 1. The molecule has 0 saturated carbocycles. The zero-order valence-corrected chi connectivity index (χ0v) is 9.11. The van der Waals surface area contributed by atoms with Crippen LogP contribution in [0.3, 0.4) is 0 Å². The number of rotatable bonds is 2. The zero-order valence-electron chi connectivity index (χ0n) is 9.11. The Balaban J connectivity index is 2.24. The molecule has 0 aliphatic carbocycles. The van der Waals surface area contributed by atoms with Gasteiger partial charge in [0, 0.05) is 5.56 Å². The molecule has 0 radical (unpaired) electrons. The molecule has 0 bridgehead atoms. The normalized spacial score (nSPS) is 18.5. The highest BCUT2D eigenvalue weighted by Gasteiger charge is 2.26. The molecule has 1 heterocycles. The van der Waals surface area contributed by atoms with Gasteiger partial charge in [-0.05, 0) is 30.7 Å². The highest BCUT2D eigenvalue weighted by molar-refractivity contribution is 5.98. The van der Waals surface area contributed by atoms with Crippen molar-refractivity contribution in [2.45, 2.75) is 13.0 Å². The number of ether oxygens (including phenoxy) is 1. The number of nitrogens with zero attached hydrogens (tertiary/aromatic N) is 1. The van der Waals surface area contributed by atoms with E-state index in [2.05, 4.69) is 4.99 Å². The van der Waals surface area contributed by atoms with Gasteiger partial charge in [-0.15, -0.1) is 0 Å². The number of carbonyl (C=O) groups is 1. The molecule has 0 spiro atoms. The van der Waals surface area contributed by atoms with Crippen molar-refractivity contribution in [2.75, 3.05) is 6.61 Å². The largest absolute Gasteiger partial charge is 0.475 e. The van der Waals surface area contributed by atoms with Gasteiger partial charge in [-0.3, -0.25) is 10.0 Å². The highest BCUT2D eigenvalue weighted by Crippen LogP contribution is 2.15. The van der Waals surface area contributed by atoms with Crippen LogP contribution < -0.4 is 5.48 Å². The summed E-state index contributed by atoms with van der Waals surface area (Å²) in [4.78, 5) is 15.1. The third-order valence-electron chi connectivity index (χ3n) is 2.47. The molecule has 17 heavy (non-hydrogen) atoms. The lowest BCUT2D eigenvalue weighted by Crippen LogP contribution is -2.31. The van der Waals surface area contributed by atoms with Crippen molar-refractivity contribution in [3.63, 3.8) is 0 Å². The summed E-state index contributed by atoms with van der Waals surface area (Å²) in [5, 5.41) is 8.46. The molecule has 1 amide bonds. The van der Waals surface area contributed by atoms with Gasteiger partial charge in [0.1, 0.15) is 12.4 Å². The SMILES string of the molecule is Cc1cc(C2=N[C@@H](C(=O)NO)CO2)ccc1F. The van der Waals surface area contributed by atoms with E-state index in [9.17, 15) is 9.18 Å². The molecule has 2 rings (SSSR count). The van der Waals surface area contributed by atoms with Crippen LogP contribution in [0.5, 0.6) is 0 Å². The molecule has 0 fully saturated rings. The number of aliphatic imine (C=N–C) groups is 1. The standard InChI is InChI=1S/C11H11FN2O3/c1-6-4-7(2-3-8(6)12)11-13-9(5-17-11)10(15)14-16/h2-4,9,16H,5H2,1H3,(H,14,15)/t9-/m1/s1. The molecule has 1 aliphatic rings. The Bertz CT molecular complexity index is 488. The van der Waals surface area contributed by atoms with E-state index in [1.807, 2.05) is 0 Å². The summed E-state index contributed by atoms with van der Waals surface area (Å²) in [6.45, 7) is 1.70. The van der Waals surface area contributed by atoms with E-state index in [1.165, 1.54) is 17.6 Å². The molecule has 1 atom stereocenters. The van der Waals surface area contributed by atoms with E-state index < -0.39 is 11.9 Å². The minimum absolute atomic E-state index is 0.0676. The lowest BCUT2D eigenvalue weighted by atomic mass is 10.1. The quantitative estimate of drug-likeness (QED) is 0.591. The first kappa shape index (κ1) is 11.5. The van der Waals surface area contributed by atoms with E-state index in [1.54, 1.807) is 13.0 Å². The van der Waals surface area contributed by atoms with Crippen molar-refractivity contribution in [3.05, 3.63) is 35.1 Å². The number of carbonyl (C=O) groups excluding carboxylic acids is 1. The Hall–Kier alpha value is -1.95. The van der Waals surface area contributed by atoms with Crippen LogP contribution in [0, 0.1) is 12.7 Å². The summed E-state index contributed by atoms with van der Waals surface area (Å²) in [5.41, 5.74) is 2.60. The molecule has 1 aromatic rings. The van der Waals surface area contributed by atoms with Gasteiger partial charge in [0.05, 0.1) is 0 Å². The maximum atomic E-state index is 13.1. The summed E-state index contributed by atoms with van der Waals surface area (Å²) in [5.74, 6) is -0.655. The Labute approximate surface area is 96.9 Å². The second kappa shape index (κ2) is 4.50. The summed E-state index contributed by atoms with van der Waals surface area (Å²) in [6.07, 6.45) is 0. The molecule has 0 aromatic heterocycles. The Morgan fingerprint density at radius 3 is 3.06 bits per heavy atom. The van der Waals surface area contributed by atoms with Gasteiger partial charge in [0.2, 0.25) is 5.90 Å². The fourth-order valence-corrected chi connectivity index (χ4v) is 1.52. The maximum absolute atomic E-state index is 13.1. The van der Waals surface area contributed by atoms with E-state index in [0.29, 0.717) is 11.1 Å². The first-order valence-electron chi connectivity index (χ1n) is 5.03. The van der Waals surface area contributed by atoms with E-state index in [0.717, 1.165) is 0 Å². The van der Waals surface area contributed by atoms with Crippen LogP contribution in [0.1, 0.15) is 11.1 Å². The maximum Gasteiger partial charge on any atom is 0.271 e. The van der Waals surface area contributed by atoms with Crippen LogP contribution in [0.15, 0.2) is 23.2 Å². The predicted molar refractivity (Wildman–Crippen MR) is 57.3 cm³/mol. The number of halogens is 1. The molecule has 1 aromatic carbocycles. The summed E-state index contributed by atoms with van der Waals surface area (Å²) in [7, 11) is 0. The fraction of sp³-hybridized carbons (Fsp3) is 0.273. The van der Waals surface area contributed by atoms with Gasteiger partial charge in [-0.25, -0.2) is 14.9 Å². The van der Waals surface area contributed by atoms with Crippen LogP contribution in [0.2, 0.25) is 0 Å². The predicted octanol–water partition coefficient (Wildman–Crippen LogP) is 0.785.